The Bertz CT molecular complexity index is 3210. The largest absolute Gasteiger partial charge is 0.420 e. The zero-order valence-electron chi connectivity index (χ0n) is 46.8. The molecule has 5 aromatic carbocycles. The summed E-state index contributed by atoms with van der Waals surface area (Å²) in [6.45, 7) is 40.6. The molecular weight excluding hydrogens is 874 g/mol. The quantitative estimate of drug-likeness (QED) is 0.165. The molecule has 72 heavy (non-hydrogen) atoms. The van der Waals surface area contributed by atoms with Crippen molar-refractivity contribution >= 4 is 46.4 Å². The van der Waals surface area contributed by atoms with Crippen molar-refractivity contribution in [2.75, 3.05) is 9.80 Å². The summed E-state index contributed by atoms with van der Waals surface area (Å²) in [7, 11) is 0. The van der Waals surface area contributed by atoms with Crippen LogP contribution in [0, 0.1) is 16.7 Å². The molecule has 3 heterocycles. The first kappa shape index (κ1) is 48.7. The van der Waals surface area contributed by atoms with E-state index in [0.717, 1.165) is 29.1 Å². The third-order valence-electron chi connectivity index (χ3n) is 18.3. The predicted octanol–water partition coefficient (Wildman–Crippen LogP) is 17.4. The van der Waals surface area contributed by atoms with E-state index in [2.05, 4.69) is 237 Å². The van der Waals surface area contributed by atoms with Gasteiger partial charge < -0.3 is 9.32 Å². The SMILES string of the molecule is CC1(C)CCC(C)(C)C2CC3=C(C=C21)N(c1ccc2c(c1)C(C)(C)CCC2(C)C)c1cc(C(C)(C)C)cc2c1B3c1nc(-c3ccc(-c4ccc(C(C)(C)C)cc4)cc3)oc1N2c1ccc(C(C)(C)C)cc1. The van der Waals surface area contributed by atoms with Gasteiger partial charge in [-0.1, -0.05) is 183 Å². The van der Waals surface area contributed by atoms with Crippen LogP contribution in [0.25, 0.3) is 22.6 Å². The fourth-order valence-corrected chi connectivity index (χ4v) is 13.1. The first-order chi connectivity index (χ1) is 33.5. The van der Waals surface area contributed by atoms with Crippen molar-refractivity contribution in [3.05, 3.63) is 154 Å². The van der Waals surface area contributed by atoms with Crippen LogP contribution in [0.3, 0.4) is 0 Å². The zero-order chi connectivity index (χ0) is 51.5. The minimum atomic E-state index is -0.141. The highest BCUT2D eigenvalue weighted by Gasteiger charge is 2.53. The molecule has 0 radical (unpaired) electrons. The van der Waals surface area contributed by atoms with E-state index < -0.39 is 0 Å². The molecule has 372 valence electrons. The number of allylic oxidation sites excluding steroid dienone is 3. The summed E-state index contributed by atoms with van der Waals surface area (Å²) in [6.07, 6.45) is 8.41. The van der Waals surface area contributed by atoms with Gasteiger partial charge in [0.15, 0.2) is 0 Å². The molecule has 0 N–H and O–H groups in total. The first-order valence-corrected chi connectivity index (χ1v) is 27.3. The topological polar surface area (TPSA) is 32.5 Å². The molecular formula is C67H80BN3O. The average molecular weight is 954 g/mol. The normalized spacial score (nSPS) is 20.5. The molecule has 1 unspecified atom stereocenters. The van der Waals surface area contributed by atoms with Crippen LogP contribution in [0.2, 0.25) is 0 Å². The molecule has 1 saturated carbocycles. The lowest BCUT2D eigenvalue weighted by atomic mass is 9.32. The second-order valence-corrected chi connectivity index (χ2v) is 28.3. The van der Waals surface area contributed by atoms with Gasteiger partial charge in [-0.3, -0.25) is 4.90 Å². The average Bonchev–Trinajstić information content (AvgIpc) is 3.76. The fourth-order valence-electron chi connectivity index (χ4n) is 13.1. The minimum Gasteiger partial charge on any atom is -0.420 e. The molecule has 1 atom stereocenters. The summed E-state index contributed by atoms with van der Waals surface area (Å²) >= 11 is 0. The number of anilines is 5. The van der Waals surface area contributed by atoms with Gasteiger partial charge in [-0.25, -0.2) is 4.98 Å². The number of fused-ring (bicyclic) bond motifs is 5. The van der Waals surface area contributed by atoms with Crippen LogP contribution in [0.1, 0.15) is 178 Å². The van der Waals surface area contributed by atoms with Crippen LogP contribution < -0.4 is 20.9 Å². The van der Waals surface area contributed by atoms with Gasteiger partial charge >= 0.3 is 0 Å². The molecule has 6 aromatic rings. The van der Waals surface area contributed by atoms with E-state index in [9.17, 15) is 0 Å². The van der Waals surface area contributed by atoms with Crippen molar-refractivity contribution in [2.45, 2.75) is 177 Å². The summed E-state index contributed by atoms with van der Waals surface area (Å²) in [6, 6.07) is 39.7. The number of hydrogen-bond acceptors (Lipinski definition) is 4. The molecule has 1 aromatic heterocycles. The third kappa shape index (κ3) is 7.88. The smallest absolute Gasteiger partial charge is 0.275 e. The molecule has 11 rings (SSSR count). The third-order valence-corrected chi connectivity index (χ3v) is 18.3. The molecule has 0 bridgehead atoms. The molecule has 4 nitrogen and oxygen atoms in total. The summed E-state index contributed by atoms with van der Waals surface area (Å²) in [4.78, 5) is 10.9. The number of oxazole rings is 1. The van der Waals surface area contributed by atoms with E-state index in [0.29, 0.717) is 11.8 Å². The number of hydrogen-bond donors (Lipinski definition) is 0. The number of benzene rings is 5. The Labute approximate surface area is 433 Å². The van der Waals surface area contributed by atoms with Crippen molar-refractivity contribution in [3.8, 4) is 22.6 Å². The van der Waals surface area contributed by atoms with Crippen molar-refractivity contribution in [2.24, 2.45) is 16.7 Å². The van der Waals surface area contributed by atoms with E-state index >= 15 is 0 Å². The predicted molar refractivity (Wildman–Crippen MR) is 307 cm³/mol. The van der Waals surface area contributed by atoms with Gasteiger partial charge in [0.05, 0.1) is 5.59 Å². The van der Waals surface area contributed by atoms with E-state index in [4.69, 9.17) is 9.40 Å². The monoisotopic (exact) mass is 954 g/mol. The summed E-state index contributed by atoms with van der Waals surface area (Å²) < 4.78 is 7.37. The van der Waals surface area contributed by atoms with Gasteiger partial charge in [0.1, 0.15) is 0 Å². The standard InChI is InChI=1S/C67H80BN3O/c1-61(2,3)44-24-22-42(23-25-44)41-18-20-43(21-19-41)59-69-58-60(72-59)71(47-28-26-45(27-29-47)62(4,5)6)56-37-46(63(7,8)9)36-55-57(56)68(58)53-39-51-52(67(16,17)35-34-66(51,14)15)40-54(53)70(55)48-30-31-49-50(38-48)65(12,13)33-32-64(49,10)11/h18-31,36-38,40,51H,32-35,39H2,1-17H3. The Morgan fingerprint density at radius 2 is 1.03 bits per heavy atom. The Hall–Kier alpha value is -5.55. The number of nitrogens with zero attached hydrogens (tertiary/aromatic N) is 3. The second-order valence-electron chi connectivity index (χ2n) is 28.3. The Morgan fingerprint density at radius 1 is 0.528 bits per heavy atom. The molecule has 2 aliphatic heterocycles. The second kappa shape index (κ2) is 16.0. The van der Waals surface area contributed by atoms with E-state index in [1.807, 2.05) is 0 Å². The summed E-state index contributed by atoms with van der Waals surface area (Å²) in [5.74, 6) is 1.89. The summed E-state index contributed by atoms with van der Waals surface area (Å²) in [5, 5.41) is 0. The van der Waals surface area contributed by atoms with Crippen LogP contribution in [-0.2, 0) is 27.1 Å². The van der Waals surface area contributed by atoms with Crippen LogP contribution in [0.5, 0.6) is 0 Å². The highest BCUT2D eigenvalue weighted by molar-refractivity contribution is 6.94. The molecule has 0 saturated heterocycles. The van der Waals surface area contributed by atoms with Crippen molar-refractivity contribution < 1.29 is 4.42 Å². The van der Waals surface area contributed by atoms with Crippen LogP contribution >= 0.6 is 0 Å². The Morgan fingerprint density at radius 3 is 1.61 bits per heavy atom. The van der Waals surface area contributed by atoms with Crippen molar-refractivity contribution in [1.29, 1.82) is 0 Å². The maximum atomic E-state index is 7.37. The van der Waals surface area contributed by atoms with Gasteiger partial charge in [0, 0.05) is 34.0 Å². The van der Waals surface area contributed by atoms with Gasteiger partial charge in [0.25, 0.3) is 6.71 Å². The van der Waals surface area contributed by atoms with E-state index in [-0.39, 0.29) is 44.6 Å². The van der Waals surface area contributed by atoms with Gasteiger partial charge in [-0.15, -0.1) is 0 Å². The van der Waals surface area contributed by atoms with E-state index in [1.165, 1.54) is 98.3 Å². The van der Waals surface area contributed by atoms with Gasteiger partial charge in [0.2, 0.25) is 11.8 Å². The highest BCUT2D eigenvalue weighted by atomic mass is 16.4. The molecule has 3 aliphatic carbocycles. The van der Waals surface area contributed by atoms with Gasteiger partial charge in [-0.2, -0.15) is 0 Å². The molecule has 0 amide bonds. The number of aromatic nitrogens is 1. The molecule has 1 fully saturated rings. The Balaban J connectivity index is 1.18. The highest BCUT2D eigenvalue weighted by Crippen LogP contribution is 2.59. The van der Waals surface area contributed by atoms with E-state index in [1.54, 1.807) is 5.57 Å². The molecule has 5 heteroatoms. The molecule has 5 aliphatic rings. The van der Waals surface area contributed by atoms with Crippen LogP contribution in [0.15, 0.2) is 130 Å². The maximum absolute atomic E-state index is 7.37. The first-order valence-electron chi connectivity index (χ1n) is 27.3. The van der Waals surface area contributed by atoms with Crippen LogP contribution in [0.4, 0.5) is 28.6 Å². The molecule has 0 spiro atoms. The lowest BCUT2D eigenvalue weighted by Gasteiger charge is -2.53. The lowest BCUT2D eigenvalue weighted by molar-refractivity contribution is 0.122. The lowest BCUT2D eigenvalue weighted by Crippen LogP contribution is -2.58. The van der Waals surface area contributed by atoms with Crippen molar-refractivity contribution in [3.63, 3.8) is 0 Å². The zero-order valence-corrected chi connectivity index (χ0v) is 46.8. The Kier molecular flexibility index (Phi) is 10.8. The number of rotatable bonds is 4. The summed E-state index contributed by atoms with van der Waals surface area (Å²) in [5.41, 5.74) is 22.2. The maximum Gasteiger partial charge on any atom is 0.275 e. The minimum absolute atomic E-state index is 0.0129. The van der Waals surface area contributed by atoms with Gasteiger partial charge in [-0.05, 0) is 175 Å². The fraction of sp³-hybridized carbons (Fsp3) is 0.448. The van der Waals surface area contributed by atoms with Crippen molar-refractivity contribution in [1.82, 2.24) is 4.98 Å². The van der Waals surface area contributed by atoms with Crippen LogP contribution in [-0.4, -0.2) is 11.7 Å².